The van der Waals surface area contributed by atoms with Crippen LogP contribution in [-0.4, -0.2) is 49.8 Å². The summed E-state index contributed by atoms with van der Waals surface area (Å²) in [5.41, 5.74) is 1.62. The molecule has 9 heteroatoms. The van der Waals surface area contributed by atoms with Gasteiger partial charge in [-0.1, -0.05) is 30.0 Å². The fourth-order valence-electron chi connectivity index (χ4n) is 3.60. The van der Waals surface area contributed by atoms with Gasteiger partial charge in [0.05, 0.1) is 16.6 Å². The van der Waals surface area contributed by atoms with Gasteiger partial charge in [0.1, 0.15) is 15.8 Å². The number of aryl methyl sites for hydroxylation is 1. The van der Waals surface area contributed by atoms with Crippen LogP contribution in [0.4, 0.5) is 5.82 Å². The Balaban J connectivity index is 1.79. The number of anilines is 1. The molecule has 0 spiro atoms. The molecule has 0 aromatic carbocycles. The molecule has 2 fully saturated rings. The lowest BCUT2D eigenvalue weighted by molar-refractivity contribution is -0.123. The normalized spacial score (nSPS) is 20.9. The van der Waals surface area contributed by atoms with Gasteiger partial charge in [0, 0.05) is 25.4 Å². The summed E-state index contributed by atoms with van der Waals surface area (Å²) in [6.07, 6.45) is 5.47. The lowest BCUT2D eigenvalue weighted by Gasteiger charge is -2.18. The van der Waals surface area contributed by atoms with Crippen LogP contribution in [0, 0.1) is 6.92 Å². The van der Waals surface area contributed by atoms with Gasteiger partial charge in [0.2, 0.25) is 0 Å². The maximum atomic E-state index is 13.3. The number of fused-ring (bicyclic) bond motifs is 1. The predicted octanol–water partition coefficient (Wildman–Crippen LogP) is 3.20. The first kappa shape index (κ1) is 21.0. The molecule has 158 valence electrons. The standard InChI is InChI=1S/C21H24N4O3S2/c1-12(2)25-20(27)16(30-21(25)29)9-15-18(22-10-14-5-4-8-28-14)23-17-7-6-13(3)11-24(17)19(15)26/h6-7,9,11-12,14,22H,4-5,8,10H2,1-3H3/b16-9+. The number of nitrogens with zero attached hydrogens (tertiary/aromatic N) is 3. The van der Waals surface area contributed by atoms with Gasteiger partial charge >= 0.3 is 0 Å². The maximum Gasteiger partial charge on any atom is 0.267 e. The van der Waals surface area contributed by atoms with Gasteiger partial charge in [-0.15, -0.1) is 0 Å². The monoisotopic (exact) mass is 444 g/mol. The first-order chi connectivity index (χ1) is 14.3. The Morgan fingerprint density at radius 2 is 2.20 bits per heavy atom. The van der Waals surface area contributed by atoms with Gasteiger partial charge < -0.3 is 10.1 Å². The summed E-state index contributed by atoms with van der Waals surface area (Å²) >= 11 is 6.58. The van der Waals surface area contributed by atoms with Gasteiger partial charge in [-0.25, -0.2) is 4.98 Å². The Morgan fingerprint density at radius 1 is 1.40 bits per heavy atom. The van der Waals surface area contributed by atoms with Crippen LogP contribution < -0.4 is 10.9 Å². The van der Waals surface area contributed by atoms with Crippen LogP contribution >= 0.6 is 24.0 Å². The van der Waals surface area contributed by atoms with E-state index in [1.54, 1.807) is 17.2 Å². The van der Waals surface area contributed by atoms with Crippen LogP contribution in [0.15, 0.2) is 28.0 Å². The minimum absolute atomic E-state index is 0.0426. The summed E-state index contributed by atoms with van der Waals surface area (Å²) in [7, 11) is 0. The van der Waals surface area contributed by atoms with Crippen LogP contribution in [0.1, 0.15) is 37.8 Å². The summed E-state index contributed by atoms with van der Waals surface area (Å²) in [6.45, 7) is 7.06. The van der Waals surface area contributed by atoms with E-state index in [1.807, 2.05) is 32.9 Å². The number of nitrogens with one attached hydrogen (secondary N) is 1. The predicted molar refractivity (Wildman–Crippen MR) is 124 cm³/mol. The van der Waals surface area contributed by atoms with Gasteiger partial charge in [0.25, 0.3) is 11.5 Å². The molecular formula is C21H24N4O3S2. The van der Waals surface area contributed by atoms with Crippen molar-refractivity contribution in [3.63, 3.8) is 0 Å². The number of thioether (sulfide) groups is 1. The Kier molecular flexibility index (Phi) is 5.95. The number of carbonyl (C=O) groups excluding carboxylic acids is 1. The van der Waals surface area contributed by atoms with Crippen molar-refractivity contribution >= 4 is 51.7 Å². The Labute approximate surface area is 184 Å². The molecule has 2 aromatic heterocycles. The van der Waals surface area contributed by atoms with Crippen LogP contribution in [0.5, 0.6) is 0 Å². The highest BCUT2D eigenvalue weighted by molar-refractivity contribution is 8.26. The van der Waals surface area contributed by atoms with Crippen LogP contribution in [0.25, 0.3) is 11.7 Å². The number of carbonyl (C=O) groups is 1. The van der Waals surface area contributed by atoms with E-state index in [1.165, 1.54) is 16.2 Å². The number of hydrogen-bond donors (Lipinski definition) is 1. The quantitative estimate of drug-likeness (QED) is 0.561. The average molecular weight is 445 g/mol. The number of amides is 1. The minimum atomic E-state index is -0.228. The molecule has 0 saturated carbocycles. The molecule has 1 N–H and O–H groups in total. The molecule has 7 nitrogen and oxygen atoms in total. The van der Waals surface area contributed by atoms with Gasteiger partial charge in [-0.05, 0) is 51.3 Å². The smallest absolute Gasteiger partial charge is 0.267 e. The number of hydrogen-bond acceptors (Lipinski definition) is 7. The highest BCUT2D eigenvalue weighted by Gasteiger charge is 2.34. The lowest BCUT2D eigenvalue weighted by Crippen LogP contribution is -2.34. The van der Waals surface area contributed by atoms with E-state index < -0.39 is 0 Å². The molecule has 1 unspecified atom stereocenters. The molecule has 4 heterocycles. The molecule has 0 bridgehead atoms. The summed E-state index contributed by atoms with van der Waals surface area (Å²) in [4.78, 5) is 32.8. The van der Waals surface area contributed by atoms with Crippen molar-refractivity contribution < 1.29 is 9.53 Å². The molecular weight excluding hydrogens is 420 g/mol. The van der Waals surface area contributed by atoms with Crippen LogP contribution in [0.3, 0.4) is 0 Å². The van der Waals surface area contributed by atoms with E-state index in [0.29, 0.717) is 32.8 Å². The maximum absolute atomic E-state index is 13.3. The SMILES string of the molecule is Cc1ccc2nc(NCC3CCCO3)c(/C=C3/SC(=S)N(C(C)C)C3=O)c(=O)n2c1. The van der Waals surface area contributed by atoms with Crippen molar-refractivity contribution in [3.8, 4) is 0 Å². The highest BCUT2D eigenvalue weighted by Crippen LogP contribution is 2.34. The average Bonchev–Trinajstić information content (AvgIpc) is 3.31. The van der Waals surface area contributed by atoms with Crippen molar-refractivity contribution in [2.75, 3.05) is 18.5 Å². The molecule has 0 aliphatic carbocycles. The fraction of sp³-hybridized carbons (Fsp3) is 0.429. The second-order valence-corrected chi connectivity index (χ2v) is 9.45. The highest BCUT2D eigenvalue weighted by atomic mass is 32.2. The summed E-state index contributed by atoms with van der Waals surface area (Å²) in [6, 6.07) is 3.69. The molecule has 2 saturated heterocycles. The number of ether oxygens (including phenoxy) is 1. The van der Waals surface area contributed by atoms with Crippen LogP contribution in [-0.2, 0) is 9.53 Å². The molecule has 1 atom stereocenters. The second-order valence-electron chi connectivity index (χ2n) is 7.78. The number of thiocarbonyl (C=S) groups is 1. The molecule has 1 amide bonds. The first-order valence-corrected chi connectivity index (χ1v) is 11.2. The van der Waals surface area contributed by atoms with E-state index in [4.69, 9.17) is 17.0 Å². The molecule has 0 radical (unpaired) electrons. The zero-order chi connectivity index (χ0) is 21.4. The summed E-state index contributed by atoms with van der Waals surface area (Å²) < 4.78 is 7.70. The third-order valence-corrected chi connectivity index (χ3v) is 6.47. The Bertz CT molecular complexity index is 1100. The fourth-order valence-corrected chi connectivity index (χ4v) is 5.10. The minimum Gasteiger partial charge on any atom is -0.376 e. The summed E-state index contributed by atoms with van der Waals surface area (Å²) in [5, 5.41) is 3.28. The van der Waals surface area contributed by atoms with Crippen LogP contribution in [0.2, 0.25) is 0 Å². The van der Waals surface area contributed by atoms with Crippen molar-refractivity contribution in [1.29, 1.82) is 0 Å². The lowest BCUT2D eigenvalue weighted by atomic mass is 10.2. The topological polar surface area (TPSA) is 75.9 Å². The Morgan fingerprint density at radius 3 is 2.87 bits per heavy atom. The number of rotatable bonds is 5. The Hall–Kier alpha value is -2.23. The van der Waals surface area contributed by atoms with Gasteiger partial charge in [-0.3, -0.25) is 18.9 Å². The van der Waals surface area contributed by atoms with E-state index in [2.05, 4.69) is 10.3 Å². The number of pyridine rings is 1. The molecule has 30 heavy (non-hydrogen) atoms. The molecule has 4 rings (SSSR count). The second kappa shape index (κ2) is 8.49. The molecule has 2 aliphatic rings. The molecule has 2 aliphatic heterocycles. The summed E-state index contributed by atoms with van der Waals surface area (Å²) in [5.74, 6) is 0.271. The van der Waals surface area contributed by atoms with Gasteiger partial charge in [-0.2, -0.15) is 0 Å². The largest absolute Gasteiger partial charge is 0.376 e. The van der Waals surface area contributed by atoms with Crippen molar-refractivity contribution in [1.82, 2.24) is 14.3 Å². The third-order valence-electron chi connectivity index (χ3n) is 5.14. The third kappa shape index (κ3) is 4.01. The first-order valence-electron chi connectivity index (χ1n) is 10.0. The zero-order valence-electron chi connectivity index (χ0n) is 17.2. The number of aromatic nitrogens is 2. The zero-order valence-corrected chi connectivity index (χ0v) is 18.8. The van der Waals surface area contributed by atoms with E-state index >= 15 is 0 Å². The molecule has 2 aromatic rings. The van der Waals surface area contributed by atoms with Crippen molar-refractivity contribution in [2.24, 2.45) is 0 Å². The van der Waals surface area contributed by atoms with Gasteiger partial charge in [0.15, 0.2) is 0 Å². The van der Waals surface area contributed by atoms with Crippen molar-refractivity contribution in [2.45, 2.75) is 45.8 Å². The van der Waals surface area contributed by atoms with E-state index in [0.717, 1.165) is 25.0 Å². The van der Waals surface area contributed by atoms with Crippen molar-refractivity contribution in [3.05, 3.63) is 44.7 Å². The van der Waals surface area contributed by atoms with E-state index in [-0.39, 0.29) is 23.6 Å². The van der Waals surface area contributed by atoms with E-state index in [9.17, 15) is 9.59 Å².